The minimum absolute atomic E-state index is 0.506. The van der Waals surface area contributed by atoms with Crippen LogP contribution in [0.25, 0.3) is 0 Å². The number of likely N-dealkylation sites (N-methyl/N-ethyl adjacent to an activating group) is 1. The second-order valence-electron chi connectivity index (χ2n) is 4.92. The molecule has 5 heteroatoms. The summed E-state index contributed by atoms with van der Waals surface area (Å²) in [5, 5.41) is 15.0. The third kappa shape index (κ3) is 4.59. The molecular weight excluding hydrogens is 250 g/mol. The van der Waals surface area contributed by atoms with Gasteiger partial charge in [0.1, 0.15) is 0 Å². The van der Waals surface area contributed by atoms with E-state index in [-0.39, 0.29) is 0 Å². The molecule has 4 nitrogen and oxygen atoms in total. The molecule has 1 aromatic rings. The highest BCUT2D eigenvalue weighted by Crippen LogP contribution is 2.26. The molecule has 1 heterocycles. The molecule has 0 aliphatic carbocycles. The first-order valence-electron chi connectivity index (χ1n) is 6.60. The Bertz CT molecular complexity index is 352. The van der Waals surface area contributed by atoms with E-state index in [4.69, 9.17) is 11.6 Å². The van der Waals surface area contributed by atoms with Gasteiger partial charge in [-0.15, -0.1) is 0 Å². The van der Waals surface area contributed by atoms with Crippen LogP contribution < -0.4 is 0 Å². The minimum Gasteiger partial charge on any atom is -0.387 e. The number of nitrogens with zero attached hydrogens (tertiary/aromatic N) is 3. The SMILES string of the molecule is CCCCCC(O)c1c(Cl)cnn1CCN(C)C. The molecule has 1 aromatic heterocycles. The van der Waals surface area contributed by atoms with Crippen molar-refractivity contribution < 1.29 is 5.11 Å². The molecule has 0 fully saturated rings. The molecule has 0 spiro atoms. The molecule has 0 aromatic carbocycles. The van der Waals surface area contributed by atoms with Crippen molar-refractivity contribution in [2.24, 2.45) is 0 Å². The fourth-order valence-electron chi connectivity index (χ4n) is 1.90. The monoisotopic (exact) mass is 273 g/mol. The summed E-state index contributed by atoms with van der Waals surface area (Å²) in [4.78, 5) is 2.09. The lowest BCUT2D eigenvalue weighted by atomic mass is 10.1. The smallest absolute Gasteiger partial charge is 0.0971 e. The fourth-order valence-corrected chi connectivity index (χ4v) is 2.17. The maximum atomic E-state index is 10.2. The summed E-state index contributed by atoms with van der Waals surface area (Å²) in [5.74, 6) is 0. The fraction of sp³-hybridized carbons (Fsp3) is 0.769. The van der Waals surface area contributed by atoms with Crippen LogP contribution in [0.1, 0.15) is 44.4 Å². The zero-order valence-corrected chi connectivity index (χ0v) is 12.3. The van der Waals surface area contributed by atoms with Crippen molar-refractivity contribution >= 4 is 11.6 Å². The third-order valence-corrected chi connectivity index (χ3v) is 3.28. The number of unbranched alkanes of at least 4 members (excludes halogenated alkanes) is 2. The molecule has 1 atom stereocenters. The van der Waals surface area contributed by atoms with Gasteiger partial charge >= 0.3 is 0 Å². The number of rotatable bonds is 8. The van der Waals surface area contributed by atoms with Crippen LogP contribution in [0.4, 0.5) is 0 Å². The van der Waals surface area contributed by atoms with E-state index in [0.717, 1.165) is 44.5 Å². The Morgan fingerprint density at radius 2 is 2.17 bits per heavy atom. The molecule has 1 unspecified atom stereocenters. The summed E-state index contributed by atoms with van der Waals surface area (Å²) >= 11 is 6.11. The lowest BCUT2D eigenvalue weighted by Crippen LogP contribution is -2.21. The highest BCUT2D eigenvalue weighted by molar-refractivity contribution is 6.31. The Morgan fingerprint density at radius 1 is 1.44 bits per heavy atom. The Kier molecular flexibility index (Phi) is 6.68. The number of halogens is 1. The Labute approximate surface area is 115 Å². The van der Waals surface area contributed by atoms with Crippen molar-refractivity contribution in [3.8, 4) is 0 Å². The van der Waals surface area contributed by atoms with E-state index in [9.17, 15) is 5.11 Å². The Balaban J connectivity index is 2.64. The minimum atomic E-state index is -0.506. The third-order valence-electron chi connectivity index (χ3n) is 2.99. The van der Waals surface area contributed by atoms with Crippen molar-refractivity contribution in [1.82, 2.24) is 14.7 Å². The van der Waals surface area contributed by atoms with Gasteiger partial charge in [-0.25, -0.2) is 0 Å². The van der Waals surface area contributed by atoms with E-state index in [1.54, 1.807) is 6.20 Å². The molecule has 0 saturated heterocycles. The van der Waals surface area contributed by atoms with Gasteiger partial charge in [0.2, 0.25) is 0 Å². The van der Waals surface area contributed by atoms with Gasteiger partial charge in [-0.1, -0.05) is 37.8 Å². The molecular formula is C13H24ClN3O. The van der Waals surface area contributed by atoms with Crippen LogP contribution in [0.3, 0.4) is 0 Å². The van der Waals surface area contributed by atoms with Gasteiger partial charge in [-0.2, -0.15) is 5.10 Å². The maximum Gasteiger partial charge on any atom is 0.0971 e. The molecule has 1 N–H and O–H groups in total. The molecule has 0 amide bonds. The van der Waals surface area contributed by atoms with Crippen molar-refractivity contribution in [3.05, 3.63) is 16.9 Å². The van der Waals surface area contributed by atoms with Gasteiger partial charge in [0.05, 0.1) is 29.6 Å². The summed E-state index contributed by atoms with van der Waals surface area (Å²) in [6.45, 7) is 3.78. The molecule has 0 radical (unpaired) electrons. The first kappa shape index (κ1) is 15.5. The van der Waals surface area contributed by atoms with Crippen LogP contribution in [0.2, 0.25) is 5.02 Å². The van der Waals surface area contributed by atoms with Crippen molar-refractivity contribution in [2.75, 3.05) is 20.6 Å². The largest absolute Gasteiger partial charge is 0.387 e. The molecule has 0 aliphatic heterocycles. The predicted molar refractivity (Wildman–Crippen MR) is 74.9 cm³/mol. The average Bonchev–Trinajstić information content (AvgIpc) is 2.68. The lowest BCUT2D eigenvalue weighted by molar-refractivity contribution is 0.151. The van der Waals surface area contributed by atoms with Crippen molar-refractivity contribution in [1.29, 1.82) is 0 Å². The summed E-state index contributed by atoms with van der Waals surface area (Å²) in [5.41, 5.74) is 0.759. The second kappa shape index (κ2) is 7.77. The van der Waals surface area contributed by atoms with E-state index in [0.29, 0.717) is 5.02 Å². The van der Waals surface area contributed by atoms with Crippen molar-refractivity contribution in [3.63, 3.8) is 0 Å². The number of aliphatic hydroxyl groups is 1. The van der Waals surface area contributed by atoms with Crippen molar-refractivity contribution in [2.45, 2.75) is 45.3 Å². The summed E-state index contributed by atoms with van der Waals surface area (Å²) in [7, 11) is 4.03. The van der Waals surface area contributed by atoms with Gasteiger partial charge < -0.3 is 10.0 Å². The number of aromatic nitrogens is 2. The van der Waals surface area contributed by atoms with Crippen LogP contribution in [-0.4, -0.2) is 40.4 Å². The van der Waals surface area contributed by atoms with E-state index in [2.05, 4.69) is 16.9 Å². The Morgan fingerprint density at radius 3 is 2.78 bits per heavy atom. The summed E-state index contributed by atoms with van der Waals surface area (Å²) in [6.07, 6.45) is 5.18. The van der Waals surface area contributed by atoms with E-state index >= 15 is 0 Å². The van der Waals surface area contributed by atoms with Crippen LogP contribution in [0.5, 0.6) is 0 Å². The molecule has 18 heavy (non-hydrogen) atoms. The van der Waals surface area contributed by atoms with Gasteiger partial charge in [-0.3, -0.25) is 4.68 Å². The summed E-state index contributed by atoms with van der Waals surface area (Å²) < 4.78 is 1.82. The topological polar surface area (TPSA) is 41.3 Å². The highest BCUT2D eigenvalue weighted by atomic mass is 35.5. The van der Waals surface area contributed by atoms with Gasteiger partial charge in [0, 0.05) is 6.54 Å². The van der Waals surface area contributed by atoms with E-state index < -0.39 is 6.10 Å². The molecule has 0 aliphatic rings. The molecule has 104 valence electrons. The highest BCUT2D eigenvalue weighted by Gasteiger charge is 2.17. The molecule has 0 bridgehead atoms. The lowest BCUT2D eigenvalue weighted by Gasteiger charge is -2.16. The number of hydrogen-bond donors (Lipinski definition) is 1. The quantitative estimate of drug-likeness (QED) is 0.741. The zero-order chi connectivity index (χ0) is 13.5. The van der Waals surface area contributed by atoms with Gasteiger partial charge in [-0.05, 0) is 20.5 Å². The average molecular weight is 274 g/mol. The first-order chi connectivity index (χ1) is 8.56. The summed E-state index contributed by atoms with van der Waals surface area (Å²) in [6, 6.07) is 0. The van der Waals surface area contributed by atoms with Crippen LogP contribution in [0.15, 0.2) is 6.20 Å². The standard InChI is InChI=1S/C13H24ClN3O/c1-4-5-6-7-12(18)13-11(14)10-15-17(13)9-8-16(2)3/h10,12,18H,4-9H2,1-3H3. The molecule has 1 rings (SSSR count). The van der Waals surface area contributed by atoms with Crippen LogP contribution in [0, 0.1) is 0 Å². The predicted octanol–water partition coefficient (Wildman–Crippen LogP) is 2.71. The zero-order valence-electron chi connectivity index (χ0n) is 11.6. The van der Waals surface area contributed by atoms with Crippen LogP contribution in [-0.2, 0) is 6.54 Å². The van der Waals surface area contributed by atoms with Gasteiger partial charge in [0.25, 0.3) is 0 Å². The normalized spacial score (nSPS) is 13.2. The first-order valence-corrected chi connectivity index (χ1v) is 6.98. The Hall–Kier alpha value is -0.580. The number of aliphatic hydroxyl groups excluding tert-OH is 1. The van der Waals surface area contributed by atoms with Crippen LogP contribution >= 0.6 is 11.6 Å². The molecule has 0 saturated carbocycles. The van der Waals surface area contributed by atoms with Gasteiger partial charge in [0.15, 0.2) is 0 Å². The van der Waals surface area contributed by atoms with E-state index in [1.165, 1.54) is 0 Å². The maximum absolute atomic E-state index is 10.2. The second-order valence-corrected chi connectivity index (χ2v) is 5.32. The number of hydrogen-bond acceptors (Lipinski definition) is 3. The van der Waals surface area contributed by atoms with E-state index in [1.807, 2.05) is 18.8 Å².